The van der Waals surface area contributed by atoms with Crippen molar-refractivity contribution in [2.24, 2.45) is 0 Å². The van der Waals surface area contributed by atoms with Gasteiger partial charge in [-0.25, -0.2) is 4.42 Å². The molecule has 1 nitrogen and oxygen atoms in total. The molecule has 6 heteroatoms. The average Bonchev–Trinajstić information content (AvgIpc) is 2.46. The molecule has 21 heavy (non-hydrogen) atoms. The lowest BCUT2D eigenvalue weighted by Crippen LogP contribution is -2.02. The Hall–Kier alpha value is -2.37. The first-order chi connectivity index (χ1) is 9.93. The average molecular weight is 294 g/mol. The van der Waals surface area contributed by atoms with Crippen LogP contribution < -0.4 is 0 Å². The first kappa shape index (κ1) is 15.0. The quantitative estimate of drug-likeness (QED) is 0.319. The molecule has 2 aromatic carbocycles. The van der Waals surface area contributed by atoms with Gasteiger partial charge in [-0.15, -0.1) is 0 Å². The van der Waals surface area contributed by atoms with Crippen LogP contribution in [0.2, 0.25) is 0 Å². The topological polar surface area (TPSA) is 11.3 Å². The molecule has 0 atom stereocenters. The zero-order chi connectivity index (χ0) is 15.3. The minimum atomic E-state index is -6.00. The fourth-order valence-electron chi connectivity index (χ4n) is 1.79. The monoisotopic (exact) mass is 294 g/mol. The van der Waals surface area contributed by atoms with Gasteiger partial charge < -0.3 is 17.3 Å². The molecule has 1 aromatic heterocycles. The fourth-order valence-corrected chi connectivity index (χ4v) is 1.79. The van der Waals surface area contributed by atoms with E-state index in [2.05, 4.69) is 6.07 Å². The van der Waals surface area contributed by atoms with Gasteiger partial charge in [0.1, 0.15) is 0 Å². The third-order valence-corrected chi connectivity index (χ3v) is 2.61. The molecule has 0 bridgehead atoms. The molecule has 0 amide bonds. The molecule has 0 saturated heterocycles. The Balaban J connectivity index is 0.000000282. The van der Waals surface area contributed by atoms with Crippen molar-refractivity contribution in [2.45, 2.75) is 0 Å². The number of hydrogen-bond acceptors (Lipinski definition) is 0. The van der Waals surface area contributed by atoms with E-state index in [1.54, 1.807) is 0 Å². The van der Waals surface area contributed by atoms with Gasteiger partial charge in [0.15, 0.2) is 0 Å². The Bertz CT molecular complexity index is 707. The van der Waals surface area contributed by atoms with Crippen LogP contribution in [-0.2, 0) is 0 Å². The molecule has 0 fully saturated rings. The molecule has 0 unspecified atom stereocenters. The van der Waals surface area contributed by atoms with Crippen molar-refractivity contribution in [1.29, 1.82) is 0 Å². The number of para-hydroxylation sites is 1. The summed E-state index contributed by atoms with van der Waals surface area (Å²) in [5.74, 6) is 0.902. The van der Waals surface area contributed by atoms with Crippen LogP contribution in [0.4, 0.5) is 17.3 Å². The molecule has 0 N–H and O–H groups in total. The third-order valence-electron chi connectivity index (χ3n) is 2.61. The molecule has 0 spiro atoms. The zero-order valence-corrected chi connectivity index (χ0v) is 10.8. The van der Waals surface area contributed by atoms with Crippen LogP contribution in [0.3, 0.4) is 0 Å². The van der Waals surface area contributed by atoms with Crippen LogP contribution in [-0.4, -0.2) is 7.25 Å². The highest BCUT2D eigenvalue weighted by molar-refractivity contribution is 6.50. The Morgan fingerprint density at radius 3 is 1.90 bits per heavy atom. The summed E-state index contributed by atoms with van der Waals surface area (Å²) in [5, 5.41) is 1.13. The summed E-state index contributed by atoms with van der Waals surface area (Å²) in [4.78, 5) is 0. The normalized spacial score (nSPS) is 10.9. The molecule has 0 saturated carbocycles. The van der Waals surface area contributed by atoms with E-state index in [0.29, 0.717) is 0 Å². The van der Waals surface area contributed by atoms with Crippen LogP contribution >= 0.6 is 0 Å². The Labute approximate surface area is 118 Å². The summed E-state index contributed by atoms with van der Waals surface area (Å²) in [5.41, 5.74) is 2.03. The number of halogens is 4. The van der Waals surface area contributed by atoms with Crippen molar-refractivity contribution < 1.29 is 21.7 Å². The first-order valence-corrected chi connectivity index (χ1v) is 6.18. The molecule has 3 rings (SSSR count). The highest BCUT2D eigenvalue weighted by Gasteiger charge is 2.20. The maximum atomic E-state index is 9.75. The van der Waals surface area contributed by atoms with E-state index in [-0.39, 0.29) is 0 Å². The molecule has 0 aliphatic heterocycles. The van der Waals surface area contributed by atoms with E-state index < -0.39 is 7.25 Å². The SMILES string of the molecule is F[B-](F)(F)F.c1ccc(-c2ccc3ccccc3[o+]2)cc1. The van der Waals surface area contributed by atoms with Crippen LogP contribution in [0.25, 0.3) is 22.3 Å². The first-order valence-electron chi connectivity index (χ1n) is 6.18. The molecule has 0 radical (unpaired) electrons. The van der Waals surface area contributed by atoms with E-state index >= 15 is 0 Å². The predicted octanol–water partition coefficient (Wildman–Crippen LogP) is 5.68. The second-order valence-corrected chi connectivity index (χ2v) is 4.20. The largest absolute Gasteiger partial charge is 0.673 e. The van der Waals surface area contributed by atoms with Gasteiger partial charge >= 0.3 is 18.6 Å². The molecular weight excluding hydrogens is 283 g/mol. The summed E-state index contributed by atoms with van der Waals surface area (Å²) in [6.07, 6.45) is 0. The van der Waals surface area contributed by atoms with Gasteiger partial charge in [-0.1, -0.05) is 30.3 Å². The standard InChI is InChI=1S/C15H11O.BF4/c1-2-6-12(7-3-1)15-11-10-13-8-4-5-9-14(13)16-15;2-1(3,4)5/h1-11H;/q+1;-1. The highest BCUT2D eigenvalue weighted by atomic mass is 19.5. The van der Waals surface area contributed by atoms with Crippen LogP contribution in [0.1, 0.15) is 0 Å². The van der Waals surface area contributed by atoms with E-state index in [0.717, 1.165) is 22.3 Å². The van der Waals surface area contributed by atoms with Gasteiger partial charge in [-0.3, -0.25) is 0 Å². The van der Waals surface area contributed by atoms with Crippen molar-refractivity contribution in [3.63, 3.8) is 0 Å². The van der Waals surface area contributed by atoms with Gasteiger partial charge in [0, 0.05) is 12.1 Å². The van der Waals surface area contributed by atoms with Gasteiger partial charge in [-0.2, -0.15) is 0 Å². The van der Waals surface area contributed by atoms with Crippen molar-refractivity contribution in [3.05, 3.63) is 66.7 Å². The summed E-state index contributed by atoms with van der Waals surface area (Å²) in [6.45, 7) is 0. The zero-order valence-electron chi connectivity index (χ0n) is 10.8. The van der Waals surface area contributed by atoms with E-state index in [9.17, 15) is 17.3 Å². The fraction of sp³-hybridized carbons (Fsp3) is 0. The molecule has 1 heterocycles. The van der Waals surface area contributed by atoms with Crippen LogP contribution in [0, 0.1) is 0 Å². The third kappa shape index (κ3) is 4.91. The summed E-state index contributed by atoms with van der Waals surface area (Å²) >= 11 is 0. The lowest BCUT2D eigenvalue weighted by Gasteiger charge is -1.94. The van der Waals surface area contributed by atoms with Crippen molar-refractivity contribution in [1.82, 2.24) is 0 Å². The molecule has 0 aliphatic carbocycles. The Kier molecular flexibility index (Phi) is 4.57. The molecule has 108 valence electrons. The Morgan fingerprint density at radius 2 is 1.24 bits per heavy atom. The van der Waals surface area contributed by atoms with E-state index in [4.69, 9.17) is 4.42 Å². The number of fused-ring (bicyclic) bond motifs is 1. The summed E-state index contributed by atoms with van der Waals surface area (Å²) in [6, 6.07) is 22.3. The smallest absolute Gasteiger partial charge is 0.418 e. The second kappa shape index (κ2) is 6.39. The minimum absolute atomic E-state index is 0.902. The van der Waals surface area contributed by atoms with Gasteiger partial charge in [-0.05, 0) is 24.3 Å². The van der Waals surface area contributed by atoms with Crippen LogP contribution in [0.15, 0.2) is 71.1 Å². The second-order valence-electron chi connectivity index (χ2n) is 4.20. The van der Waals surface area contributed by atoms with Crippen LogP contribution in [0.5, 0.6) is 0 Å². The van der Waals surface area contributed by atoms with Gasteiger partial charge in [0.2, 0.25) is 0 Å². The summed E-state index contributed by atoms with van der Waals surface area (Å²) < 4.78 is 44.8. The number of rotatable bonds is 1. The highest BCUT2D eigenvalue weighted by Crippen LogP contribution is 2.23. The number of benzene rings is 2. The van der Waals surface area contributed by atoms with Crippen molar-refractivity contribution in [2.75, 3.05) is 0 Å². The maximum absolute atomic E-state index is 9.75. The molecular formula is C15H11BF4O. The van der Waals surface area contributed by atoms with Gasteiger partial charge in [0.05, 0.1) is 10.9 Å². The lowest BCUT2D eigenvalue weighted by atomic mass is 10.1. The molecule has 0 aliphatic rings. The molecule has 3 aromatic rings. The van der Waals surface area contributed by atoms with Gasteiger partial charge in [0.25, 0.3) is 0 Å². The predicted molar refractivity (Wildman–Crippen MR) is 76.2 cm³/mol. The van der Waals surface area contributed by atoms with E-state index in [1.165, 1.54) is 0 Å². The summed E-state index contributed by atoms with van der Waals surface area (Å²) in [7, 11) is -6.00. The maximum Gasteiger partial charge on any atom is 0.673 e. The Morgan fingerprint density at radius 1 is 0.667 bits per heavy atom. The van der Waals surface area contributed by atoms with Crippen molar-refractivity contribution >= 4 is 18.2 Å². The number of hydrogen-bond donors (Lipinski definition) is 0. The van der Waals surface area contributed by atoms with E-state index in [1.807, 2.05) is 60.7 Å². The lowest BCUT2D eigenvalue weighted by molar-refractivity contribution is 0.368. The van der Waals surface area contributed by atoms with Crippen molar-refractivity contribution in [3.8, 4) is 11.3 Å². The minimum Gasteiger partial charge on any atom is -0.418 e.